The largest absolute Gasteiger partial charge is 0.493 e. The molecule has 1 aliphatic rings. The summed E-state index contributed by atoms with van der Waals surface area (Å²) in [6, 6.07) is 9.78. The molecule has 1 aliphatic carbocycles. The molecular weight excluding hydrogens is 520 g/mol. The SMILES string of the molecule is CCCO[C@@H](C1CC1)[C@@H](Oc1ccccc1)[C@H](C)OC(=O)[C@H](C)NC(=O)c1nccc(OC)c1OCOC(C)=O. The number of esters is 2. The number of methoxy groups -OCH3 is 1. The number of pyridine rings is 1. The summed E-state index contributed by atoms with van der Waals surface area (Å²) in [6.07, 6.45) is 2.78. The van der Waals surface area contributed by atoms with Crippen LogP contribution in [-0.4, -0.2) is 67.7 Å². The number of carbonyl (C=O) groups is 3. The molecule has 0 saturated heterocycles. The van der Waals surface area contributed by atoms with Gasteiger partial charge in [0, 0.05) is 25.8 Å². The van der Waals surface area contributed by atoms with E-state index in [0.29, 0.717) is 18.3 Å². The Bertz CT molecular complexity index is 1120. The monoisotopic (exact) mass is 558 g/mol. The van der Waals surface area contributed by atoms with Crippen LogP contribution in [0.4, 0.5) is 0 Å². The van der Waals surface area contributed by atoms with E-state index in [9.17, 15) is 14.4 Å². The van der Waals surface area contributed by atoms with Crippen LogP contribution in [-0.2, 0) is 23.8 Å². The molecule has 1 saturated carbocycles. The van der Waals surface area contributed by atoms with Crippen molar-refractivity contribution >= 4 is 17.8 Å². The first kappa shape index (κ1) is 30.7. The molecule has 1 aromatic carbocycles. The van der Waals surface area contributed by atoms with Crippen LogP contribution in [0, 0.1) is 5.92 Å². The molecule has 1 amide bonds. The second-order valence-electron chi connectivity index (χ2n) is 9.49. The van der Waals surface area contributed by atoms with Gasteiger partial charge in [-0.15, -0.1) is 0 Å². The average Bonchev–Trinajstić information content (AvgIpc) is 3.78. The molecule has 218 valence electrons. The van der Waals surface area contributed by atoms with Gasteiger partial charge >= 0.3 is 11.9 Å². The Labute approximate surface area is 234 Å². The summed E-state index contributed by atoms with van der Waals surface area (Å²) >= 11 is 0. The molecule has 0 aliphatic heterocycles. The molecule has 11 heteroatoms. The lowest BCUT2D eigenvalue weighted by Gasteiger charge is -2.32. The quantitative estimate of drug-likeness (QED) is 0.240. The average molecular weight is 559 g/mol. The lowest BCUT2D eigenvalue weighted by molar-refractivity contribution is -0.161. The van der Waals surface area contributed by atoms with Gasteiger partial charge in [-0.25, -0.2) is 9.78 Å². The summed E-state index contributed by atoms with van der Waals surface area (Å²) < 4.78 is 33.7. The molecule has 3 rings (SSSR count). The molecule has 0 spiro atoms. The van der Waals surface area contributed by atoms with Gasteiger partial charge in [0.15, 0.2) is 23.3 Å². The third-order valence-corrected chi connectivity index (χ3v) is 6.17. The number of nitrogens with one attached hydrogen (secondary N) is 1. The van der Waals surface area contributed by atoms with Crippen molar-refractivity contribution in [2.75, 3.05) is 20.5 Å². The van der Waals surface area contributed by atoms with Gasteiger partial charge in [0.1, 0.15) is 24.0 Å². The molecular formula is C29H38N2O9. The van der Waals surface area contributed by atoms with E-state index in [1.165, 1.54) is 33.2 Å². The highest BCUT2D eigenvalue weighted by Gasteiger charge is 2.43. The van der Waals surface area contributed by atoms with Gasteiger partial charge in [0.05, 0.1) is 7.11 Å². The Morgan fingerprint density at radius 3 is 2.45 bits per heavy atom. The van der Waals surface area contributed by atoms with Gasteiger partial charge in [0.2, 0.25) is 6.79 Å². The van der Waals surface area contributed by atoms with E-state index < -0.39 is 42.9 Å². The predicted molar refractivity (Wildman–Crippen MR) is 144 cm³/mol. The summed E-state index contributed by atoms with van der Waals surface area (Å²) in [7, 11) is 1.39. The van der Waals surface area contributed by atoms with Crippen LogP contribution in [0.3, 0.4) is 0 Å². The van der Waals surface area contributed by atoms with Crippen molar-refractivity contribution in [3.05, 3.63) is 48.3 Å². The van der Waals surface area contributed by atoms with E-state index in [2.05, 4.69) is 10.3 Å². The number of carbonyl (C=O) groups excluding carboxylic acids is 3. The molecule has 40 heavy (non-hydrogen) atoms. The molecule has 11 nitrogen and oxygen atoms in total. The van der Waals surface area contributed by atoms with Crippen molar-refractivity contribution in [2.24, 2.45) is 5.92 Å². The summed E-state index contributed by atoms with van der Waals surface area (Å²) in [5, 5.41) is 2.59. The fraction of sp³-hybridized carbons (Fsp3) is 0.517. The number of ether oxygens (including phenoxy) is 6. The number of rotatable bonds is 16. The van der Waals surface area contributed by atoms with Crippen LogP contribution >= 0.6 is 0 Å². The zero-order chi connectivity index (χ0) is 29.1. The highest BCUT2D eigenvalue weighted by Crippen LogP contribution is 2.38. The fourth-order valence-corrected chi connectivity index (χ4v) is 4.00. The minimum Gasteiger partial charge on any atom is -0.493 e. The van der Waals surface area contributed by atoms with Crippen molar-refractivity contribution in [1.29, 1.82) is 0 Å². The van der Waals surface area contributed by atoms with Crippen LogP contribution in [0.1, 0.15) is 57.4 Å². The number of aromatic nitrogens is 1. The first-order valence-electron chi connectivity index (χ1n) is 13.4. The maximum atomic E-state index is 13.1. The van der Waals surface area contributed by atoms with Crippen LogP contribution in [0.15, 0.2) is 42.6 Å². The normalized spacial score (nSPS) is 15.6. The molecule has 4 atom stereocenters. The fourth-order valence-electron chi connectivity index (χ4n) is 4.00. The minimum absolute atomic E-state index is 0.0330. The molecule has 1 aromatic heterocycles. The number of hydrogen-bond donors (Lipinski definition) is 1. The minimum atomic E-state index is -1.03. The topological polar surface area (TPSA) is 132 Å². The Balaban J connectivity index is 1.70. The van der Waals surface area contributed by atoms with Gasteiger partial charge in [-0.2, -0.15) is 0 Å². The highest BCUT2D eigenvalue weighted by atomic mass is 16.7. The summed E-state index contributed by atoms with van der Waals surface area (Å²) in [5.41, 5.74) is -0.147. The second-order valence-corrected chi connectivity index (χ2v) is 9.49. The maximum Gasteiger partial charge on any atom is 0.328 e. The van der Waals surface area contributed by atoms with E-state index >= 15 is 0 Å². The van der Waals surface area contributed by atoms with Crippen molar-refractivity contribution in [1.82, 2.24) is 10.3 Å². The van der Waals surface area contributed by atoms with Crippen LogP contribution in [0.2, 0.25) is 0 Å². The first-order chi connectivity index (χ1) is 19.2. The molecule has 1 N–H and O–H groups in total. The molecule has 0 bridgehead atoms. The van der Waals surface area contributed by atoms with E-state index in [-0.39, 0.29) is 23.3 Å². The van der Waals surface area contributed by atoms with Gasteiger partial charge in [-0.3, -0.25) is 9.59 Å². The number of amides is 1. The van der Waals surface area contributed by atoms with Gasteiger partial charge in [0.25, 0.3) is 5.91 Å². The molecule has 0 radical (unpaired) electrons. The molecule has 1 fully saturated rings. The first-order valence-corrected chi connectivity index (χ1v) is 13.4. The highest BCUT2D eigenvalue weighted by molar-refractivity contribution is 5.98. The van der Waals surface area contributed by atoms with Crippen molar-refractivity contribution in [3.63, 3.8) is 0 Å². The number of nitrogens with zero attached hydrogens (tertiary/aromatic N) is 1. The zero-order valence-electron chi connectivity index (χ0n) is 23.6. The Hall–Kier alpha value is -3.86. The predicted octanol–water partition coefficient (Wildman–Crippen LogP) is 3.69. The smallest absolute Gasteiger partial charge is 0.328 e. The third-order valence-electron chi connectivity index (χ3n) is 6.17. The number of para-hydroxylation sites is 1. The van der Waals surface area contributed by atoms with Crippen molar-refractivity contribution < 1.29 is 42.8 Å². The van der Waals surface area contributed by atoms with Crippen molar-refractivity contribution in [3.8, 4) is 17.2 Å². The molecule has 1 heterocycles. The van der Waals surface area contributed by atoms with E-state index in [0.717, 1.165) is 19.3 Å². The second kappa shape index (κ2) is 15.1. The lowest BCUT2D eigenvalue weighted by Crippen LogP contribution is -2.48. The van der Waals surface area contributed by atoms with Crippen LogP contribution in [0.25, 0.3) is 0 Å². The molecule has 0 unspecified atom stereocenters. The Morgan fingerprint density at radius 1 is 1.10 bits per heavy atom. The van der Waals surface area contributed by atoms with Gasteiger partial charge in [-0.1, -0.05) is 25.1 Å². The van der Waals surface area contributed by atoms with Crippen LogP contribution in [0.5, 0.6) is 17.2 Å². The third kappa shape index (κ3) is 8.84. The number of hydrogen-bond acceptors (Lipinski definition) is 10. The van der Waals surface area contributed by atoms with Gasteiger partial charge in [-0.05, 0) is 51.2 Å². The maximum absolute atomic E-state index is 13.1. The van der Waals surface area contributed by atoms with E-state index in [4.69, 9.17) is 28.4 Å². The Morgan fingerprint density at radius 2 is 1.82 bits per heavy atom. The van der Waals surface area contributed by atoms with Gasteiger partial charge < -0.3 is 33.7 Å². The van der Waals surface area contributed by atoms with Crippen LogP contribution < -0.4 is 19.5 Å². The Kier molecular flexibility index (Phi) is 11.6. The summed E-state index contributed by atoms with van der Waals surface area (Å²) in [5.74, 6) is -0.774. The van der Waals surface area contributed by atoms with E-state index in [1.54, 1.807) is 6.92 Å². The summed E-state index contributed by atoms with van der Waals surface area (Å²) in [4.78, 5) is 41.3. The lowest BCUT2D eigenvalue weighted by atomic mass is 10.0. The van der Waals surface area contributed by atoms with E-state index in [1.807, 2.05) is 37.3 Å². The standard InChI is InChI=1S/C29H38N2O9/c1-6-16-36-26(21-12-13-21)25(40-22-10-8-7-9-11-22)19(3)39-29(34)18(2)31-28(33)24-27(38-17-37-20(4)32)23(35-5)14-15-30-24/h7-11,14-15,18-19,21,25-26H,6,12-13,16-17H2,1-5H3,(H,31,33)/t18-,19-,25-,26-/m0/s1. The van der Waals surface area contributed by atoms with Crippen molar-refractivity contribution in [2.45, 2.75) is 71.3 Å². The zero-order valence-corrected chi connectivity index (χ0v) is 23.6. The summed E-state index contributed by atoms with van der Waals surface area (Å²) in [6.45, 7) is 6.65. The molecule has 2 aromatic rings. The number of benzene rings is 1.